The lowest BCUT2D eigenvalue weighted by Crippen LogP contribution is -2.43. The minimum atomic E-state index is -1.02. The van der Waals surface area contributed by atoms with Gasteiger partial charge in [-0.2, -0.15) is 0 Å². The number of nitrogens with two attached hydrogens (primary N) is 1. The van der Waals surface area contributed by atoms with Crippen LogP contribution >= 0.6 is 0 Å². The molecule has 0 aliphatic heterocycles. The van der Waals surface area contributed by atoms with Crippen molar-refractivity contribution >= 4 is 28.5 Å². The van der Waals surface area contributed by atoms with Gasteiger partial charge in [-0.25, -0.2) is 9.78 Å². The van der Waals surface area contributed by atoms with Crippen LogP contribution in [0.3, 0.4) is 0 Å². The number of fused-ring (bicyclic) bond motifs is 1. The molecule has 3 rings (SSSR count). The molecule has 0 aliphatic rings. The number of amides is 1. The second kappa shape index (κ2) is 11.8. The van der Waals surface area contributed by atoms with E-state index in [-0.39, 0.29) is 11.3 Å². The molecule has 180 valence electrons. The molecule has 6 heteroatoms. The normalized spacial score (nSPS) is 13.1. The number of benzene rings is 2. The smallest absolute Gasteiger partial charge is 0.333 e. The zero-order valence-electron chi connectivity index (χ0n) is 20.5. The van der Waals surface area contributed by atoms with Crippen molar-refractivity contribution in [1.82, 2.24) is 10.3 Å². The molecule has 0 spiro atoms. The van der Waals surface area contributed by atoms with E-state index in [0.29, 0.717) is 22.2 Å². The molecule has 1 amide bonds. The highest BCUT2D eigenvalue weighted by molar-refractivity contribution is 6.13. The molecule has 0 fully saturated rings. The highest BCUT2D eigenvalue weighted by Gasteiger charge is 2.27. The Morgan fingerprint density at radius 2 is 1.77 bits per heavy atom. The topological polar surface area (TPSA) is 94.3 Å². The van der Waals surface area contributed by atoms with Gasteiger partial charge in [-0.1, -0.05) is 85.3 Å². The summed E-state index contributed by atoms with van der Waals surface area (Å²) in [5.41, 5.74) is 10.7. The zero-order chi connectivity index (χ0) is 25.4. The molecule has 0 saturated heterocycles. The molecule has 0 radical (unpaired) electrons. The summed E-state index contributed by atoms with van der Waals surface area (Å²) in [5.74, 6) is -1.06. The maximum absolute atomic E-state index is 13.7. The number of nitrogen functional groups attached to an aromatic ring is 1. The summed E-state index contributed by atoms with van der Waals surface area (Å²) in [5, 5.41) is 3.45. The molecule has 6 nitrogen and oxygen atoms in total. The second-order valence-corrected chi connectivity index (χ2v) is 8.10. The number of nitrogens with one attached hydrogen (secondary N) is 1. The van der Waals surface area contributed by atoms with Crippen LogP contribution in [-0.4, -0.2) is 30.0 Å². The van der Waals surface area contributed by atoms with E-state index in [0.717, 1.165) is 17.6 Å². The van der Waals surface area contributed by atoms with Crippen LogP contribution < -0.4 is 11.1 Å². The number of hydrogen-bond donors (Lipinski definition) is 2. The standard InChI is InChI=1S/C29H31N3O3/c1-5-12-20(18-17-19(3)6-2)27(29(34)35-4)32-28(33)24-22-15-10-11-16-23(22)31-26(25(24)30)21-13-8-7-9-14-21/h5,7-18,27H,6,30H2,1-4H3,(H,32,33)/b12-5-,19-17?,20-18+. The quantitative estimate of drug-likeness (QED) is 0.330. The summed E-state index contributed by atoms with van der Waals surface area (Å²) in [6, 6.07) is 15.7. The van der Waals surface area contributed by atoms with Crippen LogP contribution in [0, 0.1) is 0 Å². The van der Waals surface area contributed by atoms with Crippen molar-refractivity contribution in [2.24, 2.45) is 0 Å². The van der Waals surface area contributed by atoms with Gasteiger partial charge in [0.1, 0.15) is 0 Å². The number of anilines is 1. The van der Waals surface area contributed by atoms with Gasteiger partial charge in [0.15, 0.2) is 6.04 Å². The lowest BCUT2D eigenvalue weighted by Gasteiger charge is -2.20. The number of hydrogen-bond acceptors (Lipinski definition) is 5. The van der Waals surface area contributed by atoms with Crippen LogP contribution in [0.15, 0.2) is 90.0 Å². The van der Waals surface area contributed by atoms with E-state index in [9.17, 15) is 9.59 Å². The minimum absolute atomic E-state index is 0.245. The Labute approximate surface area is 206 Å². The van der Waals surface area contributed by atoms with Crippen molar-refractivity contribution in [3.8, 4) is 11.3 Å². The monoisotopic (exact) mass is 469 g/mol. The lowest BCUT2D eigenvalue weighted by atomic mass is 9.99. The van der Waals surface area contributed by atoms with Gasteiger partial charge in [0.25, 0.3) is 5.91 Å². The van der Waals surface area contributed by atoms with Crippen molar-refractivity contribution in [1.29, 1.82) is 0 Å². The Morgan fingerprint density at radius 3 is 2.43 bits per heavy atom. The number of allylic oxidation sites excluding steroid dienone is 4. The van der Waals surface area contributed by atoms with E-state index < -0.39 is 17.9 Å². The van der Waals surface area contributed by atoms with Crippen molar-refractivity contribution in [2.75, 3.05) is 12.8 Å². The molecular formula is C29H31N3O3. The average Bonchev–Trinajstić information content (AvgIpc) is 2.89. The van der Waals surface area contributed by atoms with Crippen LogP contribution in [0.5, 0.6) is 0 Å². The third-order valence-corrected chi connectivity index (χ3v) is 5.73. The maximum Gasteiger partial charge on any atom is 0.333 e. The Bertz CT molecular complexity index is 1310. The van der Waals surface area contributed by atoms with Gasteiger partial charge in [-0.15, -0.1) is 0 Å². The number of pyridine rings is 1. The number of rotatable bonds is 8. The number of esters is 1. The summed E-state index contributed by atoms with van der Waals surface area (Å²) in [7, 11) is 1.30. The number of carbonyl (C=O) groups is 2. The molecule has 0 aliphatic carbocycles. The summed E-state index contributed by atoms with van der Waals surface area (Å²) in [4.78, 5) is 31.2. The van der Waals surface area contributed by atoms with Gasteiger partial charge in [0.05, 0.1) is 29.6 Å². The molecule has 0 bridgehead atoms. The molecule has 3 aromatic rings. The third kappa shape index (κ3) is 5.84. The number of ether oxygens (including phenoxy) is 1. The first kappa shape index (κ1) is 25.4. The first-order chi connectivity index (χ1) is 16.9. The van der Waals surface area contributed by atoms with Gasteiger partial charge < -0.3 is 15.8 Å². The average molecular weight is 470 g/mol. The van der Waals surface area contributed by atoms with Gasteiger partial charge in [0, 0.05) is 10.9 Å². The van der Waals surface area contributed by atoms with Gasteiger partial charge in [0.2, 0.25) is 0 Å². The highest BCUT2D eigenvalue weighted by Crippen LogP contribution is 2.32. The van der Waals surface area contributed by atoms with Crippen LogP contribution in [-0.2, 0) is 9.53 Å². The number of methoxy groups -OCH3 is 1. The fraction of sp³-hybridized carbons (Fsp3) is 0.207. The van der Waals surface area contributed by atoms with Crippen LogP contribution in [0.4, 0.5) is 5.69 Å². The van der Waals surface area contributed by atoms with E-state index in [1.54, 1.807) is 12.1 Å². The first-order valence-corrected chi connectivity index (χ1v) is 11.5. The fourth-order valence-corrected chi connectivity index (χ4v) is 3.68. The van der Waals surface area contributed by atoms with Crippen molar-refractivity contribution in [3.63, 3.8) is 0 Å². The van der Waals surface area contributed by atoms with E-state index >= 15 is 0 Å². The number of carbonyl (C=O) groups excluding carboxylic acids is 2. The van der Waals surface area contributed by atoms with Crippen LogP contribution in [0.2, 0.25) is 0 Å². The predicted octanol–water partition coefficient (Wildman–Crippen LogP) is 5.61. The Hall–Kier alpha value is -4.19. The van der Waals surface area contributed by atoms with E-state index in [2.05, 4.69) is 12.2 Å². The fourth-order valence-electron chi connectivity index (χ4n) is 3.68. The summed E-state index contributed by atoms with van der Waals surface area (Å²) < 4.78 is 5.03. The van der Waals surface area contributed by atoms with Gasteiger partial charge >= 0.3 is 5.97 Å². The molecule has 2 aromatic carbocycles. The third-order valence-electron chi connectivity index (χ3n) is 5.73. The van der Waals surface area contributed by atoms with Crippen LogP contribution in [0.25, 0.3) is 22.2 Å². The Kier molecular flexibility index (Phi) is 8.57. The predicted molar refractivity (Wildman–Crippen MR) is 142 cm³/mol. The number of nitrogens with zero attached hydrogens (tertiary/aromatic N) is 1. The summed E-state index contributed by atoms with van der Waals surface area (Å²) in [6.07, 6.45) is 8.22. The van der Waals surface area contributed by atoms with E-state index in [1.165, 1.54) is 7.11 Å². The van der Waals surface area contributed by atoms with Crippen molar-refractivity contribution < 1.29 is 14.3 Å². The van der Waals surface area contributed by atoms with Gasteiger partial charge in [-0.05, 0) is 31.9 Å². The SMILES string of the molecule is C/C=C\C(=C/C=C(C)CC)C(NC(=O)c1c(N)c(-c2ccccc2)nc2ccccc12)C(=O)OC. The first-order valence-electron chi connectivity index (χ1n) is 11.5. The lowest BCUT2D eigenvalue weighted by molar-refractivity contribution is -0.141. The zero-order valence-corrected chi connectivity index (χ0v) is 20.5. The molecular weight excluding hydrogens is 438 g/mol. The number of para-hydroxylation sites is 1. The summed E-state index contributed by atoms with van der Waals surface area (Å²) >= 11 is 0. The molecule has 3 N–H and O–H groups in total. The second-order valence-electron chi connectivity index (χ2n) is 8.10. The van der Waals surface area contributed by atoms with E-state index in [4.69, 9.17) is 15.5 Å². The molecule has 1 aromatic heterocycles. The Morgan fingerprint density at radius 1 is 1.09 bits per heavy atom. The van der Waals surface area contributed by atoms with Crippen molar-refractivity contribution in [3.05, 3.63) is 95.6 Å². The number of aromatic nitrogens is 1. The van der Waals surface area contributed by atoms with Gasteiger partial charge in [-0.3, -0.25) is 4.79 Å². The molecule has 1 heterocycles. The Balaban J connectivity index is 2.14. The minimum Gasteiger partial charge on any atom is -0.467 e. The summed E-state index contributed by atoms with van der Waals surface area (Å²) in [6.45, 7) is 5.90. The van der Waals surface area contributed by atoms with E-state index in [1.807, 2.05) is 80.6 Å². The van der Waals surface area contributed by atoms with Crippen molar-refractivity contribution in [2.45, 2.75) is 33.2 Å². The molecule has 35 heavy (non-hydrogen) atoms. The molecule has 1 unspecified atom stereocenters. The maximum atomic E-state index is 13.7. The van der Waals surface area contributed by atoms with Crippen LogP contribution in [0.1, 0.15) is 37.6 Å². The highest BCUT2D eigenvalue weighted by atomic mass is 16.5. The molecule has 0 saturated carbocycles. The largest absolute Gasteiger partial charge is 0.467 e. The molecule has 1 atom stereocenters.